The fourth-order valence-corrected chi connectivity index (χ4v) is 3.54. The van der Waals surface area contributed by atoms with Crippen LogP contribution in [0.1, 0.15) is 47.9 Å². The second kappa shape index (κ2) is 8.45. The van der Waals surface area contributed by atoms with Crippen molar-refractivity contribution in [3.63, 3.8) is 0 Å². The van der Waals surface area contributed by atoms with Crippen molar-refractivity contribution in [3.8, 4) is 0 Å². The molecule has 148 valence electrons. The molecule has 5 nitrogen and oxygen atoms in total. The van der Waals surface area contributed by atoms with Gasteiger partial charge in [0.25, 0.3) is 5.91 Å². The zero-order valence-electron chi connectivity index (χ0n) is 16.7. The molecular weight excluding hydrogens is 362 g/mol. The molecule has 29 heavy (non-hydrogen) atoms. The maximum absolute atomic E-state index is 13.0. The van der Waals surface area contributed by atoms with Gasteiger partial charge in [-0.1, -0.05) is 60.2 Å². The minimum atomic E-state index is -0.220. The molecule has 0 bridgehead atoms. The number of nitrogens with zero attached hydrogens (tertiary/aromatic N) is 2. The van der Waals surface area contributed by atoms with Crippen molar-refractivity contribution >= 4 is 11.6 Å². The average molecular weight is 387 g/mol. The van der Waals surface area contributed by atoms with Crippen LogP contribution in [-0.4, -0.2) is 23.2 Å². The van der Waals surface area contributed by atoms with Crippen molar-refractivity contribution in [2.75, 3.05) is 6.54 Å². The lowest BCUT2D eigenvalue weighted by atomic mass is 10.0. The molecule has 2 heterocycles. The Kier molecular flexibility index (Phi) is 5.58. The third kappa shape index (κ3) is 4.30. The molecule has 0 fully saturated rings. The van der Waals surface area contributed by atoms with E-state index < -0.39 is 0 Å². The third-order valence-corrected chi connectivity index (χ3v) is 5.28. The summed E-state index contributed by atoms with van der Waals surface area (Å²) in [4.78, 5) is 13.0. The summed E-state index contributed by atoms with van der Waals surface area (Å²) >= 11 is 0. The number of nitrogens with one attached hydrogen (secondary N) is 1. The second-order valence-electron chi connectivity index (χ2n) is 7.40. The van der Waals surface area contributed by atoms with E-state index in [1.54, 1.807) is 11.3 Å². The van der Waals surface area contributed by atoms with Crippen LogP contribution < -0.4 is 5.32 Å². The number of hydrogen-bond acceptors (Lipinski definition) is 4. The van der Waals surface area contributed by atoms with E-state index in [-0.39, 0.29) is 24.5 Å². The van der Waals surface area contributed by atoms with Gasteiger partial charge in [0.2, 0.25) is 0 Å². The number of hydrazone groups is 1. The van der Waals surface area contributed by atoms with Gasteiger partial charge in [0.15, 0.2) is 0 Å². The SMILES string of the molecule is Cc1ccc(C2=NN(C(=O)CN[C@H](C)c3ccccc3)[C@H](c3ccco3)C2)cc1. The first-order valence-electron chi connectivity index (χ1n) is 9.90. The van der Waals surface area contributed by atoms with Gasteiger partial charge in [0.05, 0.1) is 18.5 Å². The van der Waals surface area contributed by atoms with E-state index in [9.17, 15) is 4.79 Å². The number of benzene rings is 2. The number of carbonyl (C=O) groups is 1. The van der Waals surface area contributed by atoms with Crippen LogP contribution in [0.15, 0.2) is 82.5 Å². The van der Waals surface area contributed by atoms with Crippen LogP contribution in [0.3, 0.4) is 0 Å². The third-order valence-electron chi connectivity index (χ3n) is 5.28. The molecule has 0 unspecified atom stereocenters. The summed E-state index contributed by atoms with van der Waals surface area (Å²) in [5, 5.41) is 9.56. The van der Waals surface area contributed by atoms with E-state index in [2.05, 4.69) is 60.7 Å². The number of aryl methyl sites for hydroxylation is 1. The average Bonchev–Trinajstić information content (AvgIpc) is 3.43. The summed E-state index contributed by atoms with van der Waals surface area (Å²) in [6.45, 7) is 4.32. The minimum Gasteiger partial charge on any atom is -0.467 e. The molecule has 0 spiro atoms. The molecule has 1 aliphatic rings. The van der Waals surface area contributed by atoms with Crippen molar-refractivity contribution in [2.24, 2.45) is 5.10 Å². The Bertz CT molecular complexity index is 979. The van der Waals surface area contributed by atoms with E-state index >= 15 is 0 Å². The fourth-order valence-electron chi connectivity index (χ4n) is 3.54. The lowest BCUT2D eigenvalue weighted by Crippen LogP contribution is -2.36. The smallest absolute Gasteiger partial charge is 0.257 e. The van der Waals surface area contributed by atoms with Gasteiger partial charge in [-0.15, -0.1) is 0 Å². The Morgan fingerprint density at radius 2 is 1.90 bits per heavy atom. The molecule has 0 aliphatic carbocycles. The molecule has 1 aliphatic heterocycles. The standard InChI is InChI=1S/C24H25N3O2/c1-17-10-12-20(13-11-17)21-15-22(23-9-6-14-29-23)27(26-21)24(28)16-25-18(2)19-7-4-3-5-8-19/h3-14,18,22,25H,15-16H2,1-2H3/t18-,22+/m1/s1. The first-order chi connectivity index (χ1) is 14.1. The van der Waals surface area contributed by atoms with E-state index in [4.69, 9.17) is 4.42 Å². The zero-order chi connectivity index (χ0) is 20.2. The number of amides is 1. The molecule has 3 aromatic rings. The minimum absolute atomic E-state index is 0.0729. The molecule has 4 rings (SSSR count). The highest BCUT2D eigenvalue weighted by atomic mass is 16.3. The monoisotopic (exact) mass is 387 g/mol. The van der Waals surface area contributed by atoms with Crippen LogP contribution in [0.2, 0.25) is 0 Å². The quantitative estimate of drug-likeness (QED) is 0.672. The maximum Gasteiger partial charge on any atom is 0.257 e. The first-order valence-corrected chi connectivity index (χ1v) is 9.90. The number of rotatable bonds is 6. The molecule has 0 radical (unpaired) electrons. The van der Waals surface area contributed by atoms with Gasteiger partial charge in [-0.25, -0.2) is 5.01 Å². The number of hydrogen-bond donors (Lipinski definition) is 1. The van der Waals surface area contributed by atoms with Crippen molar-refractivity contribution in [3.05, 3.63) is 95.4 Å². The summed E-state index contributed by atoms with van der Waals surface area (Å²) in [5.41, 5.74) is 4.28. The van der Waals surface area contributed by atoms with Gasteiger partial charge < -0.3 is 9.73 Å². The van der Waals surface area contributed by atoms with E-state index in [1.807, 2.05) is 30.3 Å². The normalized spacial score (nSPS) is 17.2. The number of carbonyl (C=O) groups excluding carboxylic acids is 1. The highest BCUT2D eigenvalue weighted by Crippen LogP contribution is 2.33. The molecule has 1 aromatic heterocycles. The van der Waals surface area contributed by atoms with Gasteiger partial charge in [-0.2, -0.15) is 5.10 Å². The largest absolute Gasteiger partial charge is 0.467 e. The number of furan rings is 1. The predicted molar refractivity (Wildman–Crippen MR) is 113 cm³/mol. The Labute approximate surface area is 171 Å². The molecule has 1 N–H and O–H groups in total. The summed E-state index contributed by atoms with van der Waals surface area (Å²) in [7, 11) is 0. The topological polar surface area (TPSA) is 57.8 Å². The Hall–Kier alpha value is -3.18. The van der Waals surface area contributed by atoms with Crippen LogP contribution in [-0.2, 0) is 4.79 Å². The van der Waals surface area contributed by atoms with E-state index in [0.717, 1.165) is 22.6 Å². The lowest BCUT2D eigenvalue weighted by molar-refractivity contribution is -0.132. The fraction of sp³-hybridized carbons (Fsp3) is 0.250. The molecular formula is C24H25N3O2. The molecule has 0 saturated heterocycles. The van der Waals surface area contributed by atoms with Crippen molar-refractivity contribution in [1.29, 1.82) is 0 Å². The molecule has 2 atom stereocenters. The summed E-state index contributed by atoms with van der Waals surface area (Å²) in [6, 6.07) is 21.9. The van der Waals surface area contributed by atoms with Gasteiger partial charge in [0.1, 0.15) is 11.8 Å². The first kappa shape index (κ1) is 19.2. The highest BCUT2D eigenvalue weighted by molar-refractivity contribution is 6.03. The Balaban J connectivity index is 1.51. The zero-order valence-corrected chi connectivity index (χ0v) is 16.7. The Morgan fingerprint density at radius 3 is 2.59 bits per heavy atom. The van der Waals surface area contributed by atoms with Crippen molar-refractivity contribution in [1.82, 2.24) is 10.3 Å². The summed E-state index contributed by atoms with van der Waals surface area (Å²) < 4.78 is 5.61. The van der Waals surface area contributed by atoms with Crippen LogP contribution in [0, 0.1) is 6.92 Å². The highest BCUT2D eigenvalue weighted by Gasteiger charge is 2.34. The maximum atomic E-state index is 13.0. The lowest BCUT2D eigenvalue weighted by Gasteiger charge is -2.21. The van der Waals surface area contributed by atoms with E-state index in [1.165, 1.54) is 5.56 Å². The van der Waals surface area contributed by atoms with Gasteiger partial charge in [-0.05, 0) is 37.1 Å². The van der Waals surface area contributed by atoms with Crippen molar-refractivity contribution in [2.45, 2.75) is 32.4 Å². The van der Waals surface area contributed by atoms with Crippen LogP contribution in [0.5, 0.6) is 0 Å². The Morgan fingerprint density at radius 1 is 1.14 bits per heavy atom. The molecule has 1 amide bonds. The predicted octanol–water partition coefficient (Wildman–Crippen LogP) is 4.62. The van der Waals surface area contributed by atoms with Gasteiger partial charge >= 0.3 is 0 Å². The van der Waals surface area contributed by atoms with Crippen molar-refractivity contribution < 1.29 is 9.21 Å². The second-order valence-corrected chi connectivity index (χ2v) is 7.40. The summed E-state index contributed by atoms with van der Waals surface area (Å²) in [6.07, 6.45) is 2.27. The molecule has 5 heteroatoms. The van der Waals surface area contributed by atoms with Crippen LogP contribution >= 0.6 is 0 Å². The van der Waals surface area contributed by atoms with E-state index in [0.29, 0.717) is 6.42 Å². The summed E-state index contributed by atoms with van der Waals surface area (Å²) in [5.74, 6) is 0.677. The molecule has 0 saturated carbocycles. The van der Waals surface area contributed by atoms with Crippen LogP contribution in [0.25, 0.3) is 0 Å². The molecule has 2 aromatic carbocycles. The van der Waals surface area contributed by atoms with Crippen LogP contribution in [0.4, 0.5) is 0 Å². The van der Waals surface area contributed by atoms with Gasteiger partial charge in [-0.3, -0.25) is 4.79 Å². The van der Waals surface area contributed by atoms with Gasteiger partial charge in [0, 0.05) is 12.5 Å².